The van der Waals surface area contributed by atoms with Gasteiger partial charge in [-0.25, -0.2) is 4.79 Å². The number of hydrogen-bond donors (Lipinski definition) is 0. The molecule has 1 rings (SSSR count). The van der Waals surface area contributed by atoms with Crippen molar-refractivity contribution in [2.45, 2.75) is 103 Å². The predicted octanol–water partition coefficient (Wildman–Crippen LogP) is 6.55. The van der Waals surface area contributed by atoms with E-state index in [0.717, 1.165) is 0 Å². The number of carbonyl (C=O) groups excluding carboxylic acids is 1. The van der Waals surface area contributed by atoms with Gasteiger partial charge in [0.2, 0.25) is 0 Å². The van der Waals surface area contributed by atoms with E-state index in [4.69, 9.17) is 20.0 Å². The molecule has 0 aliphatic rings. The van der Waals surface area contributed by atoms with E-state index in [1.807, 2.05) is 0 Å². The summed E-state index contributed by atoms with van der Waals surface area (Å²) >= 11 is 0. The summed E-state index contributed by atoms with van der Waals surface area (Å²) in [5, 5.41) is 10.7. The molecule has 1 aromatic carbocycles. The zero-order valence-electron chi connectivity index (χ0n) is 22.5. The zero-order chi connectivity index (χ0) is 26.7. The molecule has 0 unspecified atom stereocenters. The van der Waals surface area contributed by atoms with Crippen LogP contribution >= 0.6 is 0 Å². The van der Waals surface area contributed by atoms with Crippen molar-refractivity contribution in [2.24, 2.45) is 0 Å². The van der Waals surface area contributed by atoms with Crippen molar-refractivity contribution >= 4 is 28.3 Å². The number of carbonyl (C=O) groups is 1. The molecule has 0 aliphatic carbocycles. The van der Waals surface area contributed by atoms with E-state index in [9.17, 15) is 14.9 Å². The van der Waals surface area contributed by atoms with Gasteiger partial charge in [0.1, 0.15) is 18.3 Å². The van der Waals surface area contributed by atoms with Crippen LogP contribution in [0.3, 0.4) is 0 Å². The van der Waals surface area contributed by atoms with Crippen LogP contribution in [-0.2, 0) is 13.6 Å². The maximum absolute atomic E-state index is 12.8. The first-order valence-electron chi connectivity index (χ1n) is 11.5. The summed E-state index contributed by atoms with van der Waals surface area (Å²) in [5.41, 5.74) is 0.116. The van der Waals surface area contributed by atoms with E-state index in [-0.39, 0.29) is 21.3 Å². The predicted molar refractivity (Wildman–Crippen MR) is 141 cm³/mol. The molecule has 0 heterocycles. The standard InChI is InChI=1S/C25H41NO6Si2/c1-13-21(31-33(9,10)24(3,4)5)22(32-34(11,12)25(6,7)8)18(2)30-23(27)19-14-16-20(17-15-19)26(28)29/h1,14-18,21-22H,2-12H3/t18-,21-,22+/m0/s1. The third-order valence-corrected chi connectivity index (χ3v) is 15.9. The number of rotatable bonds is 9. The highest BCUT2D eigenvalue weighted by Gasteiger charge is 2.46. The molecule has 3 atom stereocenters. The largest absolute Gasteiger partial charge is 0.456 e. The highest BCUT2D eigenvalue weighted by Crippen LogP contribution is 2.41. The first-order chi connectivity index (χ1) is 15.2. The summed E-state index contributed by atoms with van der Waals surface area (Å²) in [5.74, 6) is 2.16. The van der Waals surface area contributed by atoms with Gasteiger partial charge in [-0.05, 0) is 55.3 Å². The maximum Gasteiger partial charge on any atom is 0.338 e. The van der Waals surface area contributed by atoms with Crippen LogP contribution in [0.1, 0.15) is 58.8 Å². The smallest absolute Gasteiger partial charge is 0.338 e. The highest BCUT2D eigenvalue weighted by atomic mass is 28.4. The lowest BCUT2D eigenvalue weighted by atomic mass is 10.1. The topological polar surface area (TPSA) is 87.9 Å². The Balaban J connectivity index is 3.28. The van der Waals surface area contributed by atoms with Crippen molar-refractivity contribution < 1.29 is 23.3 Å². The Morgan fingerprint density at radius 1 is 0.971 bits per heavy atom. The minimum atomic E-state index is -2.31. The lowest BCUT2D eigenvalue weighted by Gasteiger charge is -2.45. The molecule has 0 spiro atoms. The number of nitro benzene ring substituents is 1. The van der Waals surface area contributed by atoms with Crippen LogP contribution < -0.4 is 0 Å². The number of ether oxygens (including phenoxy) is 1. The Morgan fingerprint density at radius 2 is 1.41 bits per heavy atom. The van der Waals surface area contributed by atoms with Gasteiger partial charge in [-0.1, -0.05) is 47.5 Å². The van der Waals surface area contributed by atoms with Crippen molar-refractivity contribution in [3.8, 4) is 12.3 Å². The molecule has 190 valence electrons. The van der Waals surface area contributed by atoms with Gasteiger partial charge < -0.3 is 13.6 Å². The van der Waals surface area contributed by atoms with Crippen LogP contribution in [0.15, 0.2) is 24.3 Å². The SMILES string of the molecule is C#C[C@H](O[Si](C)(C)C(C)(C)C)[C@H](O[Si](C)(C)C(C)(C)C)[C@H](C)OC(=O)c1ccc([N+](=O)[O-])cc1. The van der Waals surface area contributed by atoms with E-state index in [0.29, 0.717) is 0 Å². The molecule has 1 aromatic rings. The molecule has 0 aliphatic heterocycles. The van der Waals surface area contributed by atoms with Crippen molar-refractivity contribution in [3.05, 3.63) is 39.9 Å². The number of nitrogens with zero attached hydrogens (tertiary/aromatic N) is 1. The maximum atomic E-state index is 12.8. The van der Waals surface area contributed by atoms with Gasteiger partial charge in [0.05, 0.1) is 10.5 Å². The summed E-state index contributed by atoms with van der Waals surface area (Å²) in [6.07, 6.45) is 3.89. The number of hydrogen-bond acceptors (Lipinski definition) is 6. The van der Waals surface area contributed by atoms with E-state index < -0.39 is 45.8 Å². The van der Waals surface area contributed by atoms with Gasteiger partial charge in [-0.15, -0.1) is 6.42 Å². The fourth-order valence-electron chi connectivity index (χ4n) is 2.63. The summed E-state index contributed by atoms with van der Waals surface area (Å²) in [4.78, 5) is 23.2. The average molecular weight is 508 g/mol. The molecule has 9 heteroatoms. The molecule has 0 saturated heterocycles. The first-order valence-corrected chi connectivity index (χ1v) is 17.3. The minimum absolute atomic E-state index is 0.0672. The van der Waals surface area contributed by atoms with Crippen LogP contribution in [0.25, 0.3) is 0 Å². The summed E-state index contributed by atoms with van der Waals surface area (Å²) in [7, 11) is -4.56. The lowest BCUT2D eigenvalue weighted by molar-refractivity contribution is -0.384. The molecule has 0 N–H and O–H groups in total. The second-order valence-corrected chi connectivity index (χ2v) is 21.2. The molecule has 7 nitrogen and oxygen atoms in total. The molecule has 0 radical (unpaired) electrons. The van der Waals surface area contributed by atoms with E-state index in [1.54, 1.807) is 6.92 Å². The third-order valence-electron chi connectivity index (χ3n) is 7.00. The van der Waals surface area contributed by atoms with Gasteiger partial charge in [0.15, 0.2) is 16.6 Å². The van der Waals surface area contributed by atoms with Gasteiger partial charge in [0, 0.05) is 12.1 Å². The summed E-state index contributed by atoms with van der Waals surface area (Å²) in [6, 6.07) is 5.30. The fourth-order valence-corrected chi connectivity index (χ4v) is 5.17. The molecular formula is C25H41NO6Si2. The second kappa shape index (κ2) is 10.7. The number of benzene rings is 1. The van der Waals surface area contributed by atoms with Crippen molar-refractivity contribution in [1.29, 1.82) is 0 Å². The van der Waals surface area contributed by atoms with Gasteiger partial charge in [-0.3, -0.25) is 10.1 Å². The van der Waals surface area contributed by atoms with Crippen LogP contribution in [0.5, 0.6) is 0 Å². The Morgan fingerprint density at radius 3 is 1.79 bits per heavy atom. The van der Waals surface area contributed by atoms with Crippen LogP contribution in [0.4, 0.5) is 5.69 Å². The molecule has 0 fully saturated rings. The molecule has 0 amide bonds. The van der Waals surface area contributed by atoms with Crippen LogP contribution in [-0.4, -0.2) is 45.8 Å². The quantitative estimate of drug-likeness (QED) is 0.124. The Hall–Kier alpha value is -2.00. The Kier molecular flexibility index (Phi) is 9.48. The molecular weight excluding hydrogens is 466 g/mol. The van der Waals surface area contributed by atoms with Gasteiger partial charge in [0.25, 0.3) is 5.69 Å². The first kappa shape index (κ1) is 30.0. The van der Waals surface area contributed by atoms with E-state index >= 15 is 0 Å². The summed E-state index contributed by atoms with van der Waals surface area (Å²) in [6.45, 7) is 23.0. The van der Waals surface area contributed by atoms with Crippen molar-refractivity contribution in [2.75, 3.05) is 0 Å². The number of non-ortho nitro benzene ring substituents is 1. The van der Waals surface area contributed by atoms with E-state index in [2.05, 4.69) is 73.7 Å². The average Bonchev–Trinajstić information content (AvgIpc) is 2.68. The van der Waals surface area contributed by atoms with Crippen LogP contribution in [0.2, 0.25) is 36.3 Å². The molecule has 0 aromatic heterocycles. The van der Waals surface area contributed by atoms with Gasteiger partial charge >= 0.3 is 5.97 Å². The summed E-state index contributed by atoms with van der Waals surface area (Å²) < 4.78 is 19.0. The Labute approximate surface area is 207 Å². The number of nitro groups is 1. The van der Waals surface area contributed by atoms with Crippen LogP contribution in [0, 0.1) is 22.5 Å². The Bertz CT molecular complexity index is 907. The monoisotopic (exact) mass is 507 g/mol. The zero-order valence-corrected chi connectivity index (χ0v) is 24.5. The fraction of sp³-hybridized carbons (Fsp3) is 0.640. The molecule has 0 bridgehead atoms. The van der Waals surface area contributed by atoms with Crippen molar-refractivity contribution in [1.82, 2.24) is 0 Å². The molecule has 34 heavy (non-hydrogen) atoms. The van der Waals surface area contributed by atoms with Gasteiger partial charge in [-0.2, -0.15) is 0 Å². The van der Waals surface area contributed by atoms with E-state index in [1.165, 1.54) is 24.3 Å². The normalized spacial score (nSPS) is 15.7. The minimum Gasteiger partial charge on any atom is -0.456 e. The lowest BCUT2D eigenvalue weighted by Crippen LogP contribution is -2.55. The van der Waals surface area contributed by atoms with Crippen molar-refractivity contribution in [3.63, 3.8) is 0 Å². The second-order valence-electron chi connectivity index (χ2n) is 11.7. The number of terminal acetylenes is 1. The molecule has 0 saturated carbocycles. The highest BCUT2D eigenvalue weighted by molar-refractivity contribution is 6.74. The third kappa shape index (κ3) is 7.50. The number of esters is 1.